The Hall–Kier alpha value is -2.80. The Morgan fingerprint density at radius 2 is 1.95 bits per heavy atom. The third-order valence-corrected chi connectivity index (χ3v) is 3.37. The van der Waals surface area contributed by atoms with Crippen molar-refractivity contribution in [1.82, 2.24) is 0 Å². The molecule has 1 N–H and O–H groups in total. The summed E-state index contributed by atoms with van der Waals surface area (Å²) in [6.45, 7) is 3.95. The number of benzene rings is 2. The quantitative estimate of drug-likeness (QED) is 0.936. The Kier molecular flexibility index (Phi) is 4.24. The molecule has 0 radical (unpaired) electrons. The number of nitrogens with zero attached hydrogens (tertiary/aromatic N) is 1. The van der Waals surface area contributed by atoms with Gasteiger partial charge in [0.2, 0.25) is 0 Å². The molecule has 0 aliphatic rings. The van der Waals surface area contributed by atoms with Gasteiger partial charge in [0.25, 0.3) is 5.91 Å². The summed E-state index contributed by atoms with van der Waals surface area (Å²) < 4.78 is 5.20. The fraction of sp³-hybridized carbons (Fsp3) is 0.176. The Labute approximate surface area is 124 Å². The van der Waals surface area contributed by atoms with Crippen molar-refractivity contribution in [3.05, 3.63) is 58.7 Å². The topological polar surface area (TPSA) is 62.1 Å². The first-order chi connectivity index (χ1) is 10.1. The van der Waals surface area contributed by atoms with Gasteiger partial charge in [-0.2, -0.15) is 5.26 Å². The number of para-hydroxylation sites is 1. The lowest BCUT2D eigenvalue weighted by atomic mass is 10.1. The first-order valence-corrected chi connectivity index (χ1v) is 6.52. The van der Waals surface area contributed by atoms with Gasteiger partial charge in [0.05, 0.1) is 12.7 Å². The van der Waals surface area contributed by atoms with Gasteiger partial charge in [-0.1, -0.05) is 12.1 Å². The van der Waals surface area contributed by atoms with Gasteiger partial charge in [-0.15, -0.1) is 0 Å². The predicted molar refractivity (Wildman–Crippen MR) is 81.6 cm³/mol. The van der Waals surface area contributed by atoms with Gasteiger partial charge < -0.3 is 10.1 Å². The number of amides is 1. The molecule has 2 aromatic carbocycles. The molecule has 0 unspecified atom stereocenters. The number of rotatable bonds is 3. The maximum atomic E-state index is 12.3. The zero-order valence-corrected chi connectivity index (χ0v) is 12.2. The number of hydrogen-bond donors (Lipinski definition) is 1. The molecule has 0 aromatic heterocycles. The van der Waals surface area contributed by atoms with E-state index >= 15 is 0 Å². The van der Waals surface area contributed by atoms with Crippen LogP contribution in [0.3, 0.4) is 0 Å². The number of aryl methyl sites for hydroxylation is 2. The number of nitrogens with one attached hydrogen (secondary N) is 1. The van der Waals surface area contributed by atoms with Crippen LogP contribution in [0.4, 0.5) is 5.69 Å². The van der Waals surface area contributed by atoms with E-state index < -0.39 is 0 Å². The third-order valence-electron chi connectivity index (χ3n) is 3.37. The van der Waals surface area contributed by atoms with Crippen molar-refractivity contribution in [1.29, 1.82) is 5.26 Å². The molecule has 1 amide bonds. The highest BCUT2D eigenvalue weighted by Gasteiger charge is 2.14. The molecular formula is C17H16N2O2. The van der Waals surface area contributed by atoms with Crippen molar-refractivity contribution in [2.75, 3.05) is 12.4 Å². The second kappa shape index (κ2) is 6.10. The van der Waals surface area contributed by atoms with E-state index in [1.807, 2.05) is 26.0 Å². The van der Waals surface area contributed by atoms with Crippen LogP contribution in [-0.4, -0.2) is 13.0 Å². The molecule has 0 aliphatic carbocycles. The summed E-state index contributed by atoms with van der Waals surface area (Å²) in [6, 6.07) is 12.6. The Balaban J connectivity index is 2.36. The molecule has 0 saturated carbocycles. The van der Waals surface area contributed by atoms with E-state index in [-0.39, 0.29) is 5.91 Å². The molecule has 0 heterocycles. The monoisotopic (exact) mass is 280 g/mol. The van der Waals surface area contributed by atoms with Crippen LogP contribution in [0.1, 0.15) is 27.0 Å². The standard InChI is InChI=1S/C17H16N2O2/c1-11-7-8-13(9-12(11)2)17(20)19-16-14(10-18)5-4-6-15(16)21-3/h4-9H,1-3H3,(H,19,20). The highest BCUT2D eigenvalue weighted by atomic mass is 16.5. The molecule has 2 rings (SSSR count). The van der Waals surface area contributed by atoms with Crippen molar-refractivity contribution in [2.45, 2.75) is 13.8 Å². The number of carbonyl (C=O) groups is 1. The minimum Gasteiger partial charge on any atom is -0.495 e. The van der Waals surface area contributed by atoms with Crippen LogP contribution < -0.4 is 10.1 Å². The Bertz CT molecular complexity index is 730. The van der Waals surface area contributed by atoms with Gasteiger partial charge >= 0.3 is 0 Å². The normalized spacial score (nSPS) is 9.81. The van der Waals surface area contributed by atoms with E-state index in [0.717, 1.165) is 11.1 Å². The highest BCUT2D eigenvalue weighted by Crippen LogP contribution is 2.28. The van der Waals surface area contributed by atoms with Gasteiger partial charge in [0.1, 0.15) is 17.5 Å². The minimum absolute atomic E-state index is 0.265. The van der Waals surface area contributed by atoms with Gasteiger partial charge in [0, 0.05) is 5.56 Å². The van der Waals surface area contributed by atoms with Crippen LogP contribution in [0.15, 0.2) is 36.4 Å². The number of nitriles is 1. The largest absolute Gasteiger partial charge is 0.495 e. The van der Waals surface area contributed by atoms with Crippen LogP contribution in [0.25, 0.3) is 0 Å². The summed E-state index contributed by atoms with van der Waals surface area (Å²) in [5, 5.41) is 11.9. The lowest BCUT2D eigenvalue weighted by Gasteiger charge is -2.12. The smallest absolute Gasteiger partial charge is 0.255 e. The fourth-order valence-electron chi connectivity index (χ4n) is 1.99. The summed E-state index contributed by atoms with van der Waals surface area (Å²) in [6.07, 6.45) is 0. The molecule has 4 heteroatoms. The molecule has 0 fully saturated rings. The summed E-state index contributed by atoms with van der Waals surface area (Å²) in [4.78, 5) is 12.3. The molecule has 21 heavy (non-hydrogen) atoms. The van der Waals surface area contributed by atoms with Crippen molar-refractivity contribution < 1.29 is 9.53 Å². The number of hydrogen-bond acceptors (Lipinski definition) is 3. The van der Waals surface area contributed by atoms with Gasteiger partial charge in [-0.05, 0) is 49.2 Å². The van der Waals surface area contributed by atoms with Crippen LogP contribution in [0.2, 0.25) is 0 Å². The number of anilines is 1. The minimum atomic E-state index is -0.265. The molecule has 106 valence electrons. The van der Waals surface area contributed by atoms with E-state index in [2.05, 4.69) is 11.4 Å². The molecular weight excluding hydrogens is 264 g/mol. The maximum Gasteiger partial charge on any atom is 0.255 e. The van der Waals surface area contributed by atoms with Crippen LogP contribution in [-0.2, 0) is 0 Å². The zero-order valence-electron chi connectivity index (χ0n) is 12.2. The Morgan fingerprint density at radius 3 is 2.57 bits per heavy atom. The Morgan fingerprint density at radius 1 is 1.19 bits per heavy atom. The molecule has 0 bridgehead atoms. The van der Waals surface area contributed by atoms with Crippen molar-refractivity contribution in [2.24, 2.45) is 0 Å². The van der Waals surface area contributed by atoms with Gasteiger partial charge in [-0.3, -0.25) is 4.79 Å². The summed E-state index contributed by atoms with van der Waals surface area (Å²) >= 11 is 0. The van der Waals surface area contributed by atoms with Crippen molar-refractivity contribution in [3.8, 4) is 11.8 Å². The lowest BCUT2D eigenvalue weighted by Crippen LogP contribution is -2.14. The molecule has 4 nitrogen and oxygen atoms in total. The van der Waals surface area contributed by atoms with Crippen LogP contribution in [0.5, 0.6) is 5.75 Å². The third kappa shape index (κ3) is 3.03. The van der Waals surface area contributed by atoms with Gasteiger partial charge in [-0.25, -0.2) is 0 Å². The van der Waals surface area contributed by atoms with Crippen LogP contribution >= 0.6 is 0 Å². The van der Waals surface area contributed by atoms with E-state index in [1.54, 1.807) is 24.3 Å². The second-order valence-electron chi connectivity index (χ2n) is 4.75. The average Bonchev–Trinajstić information content (AvgIpc) is 2.50. The number of methoxy groups -OCH3 is 1. The number of ether oxygens (including phenoxy) is 1. The predicted octanol–water partition coefficient (Wildman–Crippen LogP) is 3.44. The molecule has 0 atom stereocenters. The number of carbonyl (C=O) groups excluding carboxylic acids is 1. The van der Waals surface area contributed by atoms with E-state index in [1.165, 1.54) is 7.11 Å². The fourth-order valence-corrected chi connectivity index (χ4v) is 1.99. The summed E-state index contributed by atoms with van der Waals surface area (Å²) in [7, 11) is 1.50. The summed E-state index contributed by atoms with van der Waals surface area (Å²) in [5.41, 5.74) is 3.48. The maximum absolute atomic E-state index is 12.3. The van der Waals surface area contributed by atoms with E-state index in [4.69, 9.17) is 10.00 Å². The molecule has 0 spiro atoms. The first kappa shape index (κ1) is 14.6. The summed E-state index contributed by atoms with van der Waals surface area (Å²) in [5.74, 6) is 0.199. The molecule has 2 aromatic rings. The van der Waals surface area contributed by atoms with E-state index in [0.29, 0.717) is 22.6 Å². The van der Waals surface area contributed by atoms with E-state index in [9.17, 15) is 4.79 Å². The molecule has 0 aliphatic heterocycles. The average molecular weight is 280 g/mol. The van der Waals surface area contributed by atoms with Crippen molar-refractivity contribution >= 4 is 11.6 Å². The lowest BCUT2D eigenvalue weighted by molar-refractivity contribution is 0.102. The van der Waals surface area contributed by atoms with Gasteiger partial charge in [0.15, 0.2) is 0 Å². The SMILES string of the molecule is COc1cccc(C#N)c1NC(=O)c1ccc(C)c(C)c1. The van der Waals surface area contributed by atoms with Crippen LogP contribution in [0, 0.1) is 25.2 Å². The zero-order chi connectivity index (χ0) is 15.4. The molecule has 0 saturated heterocycles. The van der Waals surface area contributed by atoms with Crippen molar-refractivity contribution in [3.63, 3.8) is 0 Å². The second-order valence-corrected chi connectivity index (χ2v) is 4.75. The first-order valence-electron chi connectivity index (χ1n) is 6.52. The highest BCUT2D eigenvalue weighted by molar-refractivity contribution is 6.06.